The highest BCUT2D eigenvalue weighted by atomic mass is 79.9. The van der Waals surface area contributed by atoms with E-state index < -0.39 is 6.09 Å². The number of benzene rings is 3. The molecule has 0 saturated heterocycles. The third-order valence-corrected chi connectivity index (χ3v) is 7.06. The normalized spacial score (nSPS) is 11.9. The summed E-state index contributed by atoms with van der Waals surface area (Å²) in [5, 5.41) is 5.66. The molecule has 0 radical (unpaired) electrons. The maximum absolute atomic E-state index is 12.2. The van der Waals surface area contributed by atoms with Crippen LogP contribution < -0.4 is 15.4 Å². The number of ether oxygens (including phenoxy) is 3. The molecule has 0 atom stereocenters. The molecule has 2 amide bonds. The van der Waals surface area contributed by atoms with Gasteiger partial charge in [0.15, 0.2) is 0 Å². The van der Waals surface area contributed by atoms with Crippen LogP contribution in [0.2, 0.25) is 0 Å². The molecule has 0 saturated carbocycles. The molecule has 8 heteroatoms. The molecule has 0 aromatic heterocycles. The van der Waals surface area contributed by atoms with Crippen molar-refractivity contribution in [2.24, 2.45) is 0 Å². The van der Waals surface area contributed by atoms with E-state index in [0.29, 0.717) is 45.8 Å². The van der Waals surface area contributed by atoms with Crippen molar-refractivity contribution in [2.45, 2.75) is 31.6 Å². The fourth-order valence-electron chi connectivity index (χ4n) is 4.58. The highest BCUT2D eigenvalue weighted by molar-refractivity contribution is 9.10. The van der Waals surface area contributed by atoms with E-state index in [1.807, 2.05) is 48.5 Å². The topological polar surface area (TPSA) is 85.9 Å². The Balaban J connectivity index is 0.988. The summed E-state index contributed by atoms with van der Waals surface area (Å²) in [5.41, 5.74) is 4.77. The van der Waals surface area contributed by atoms with Crippen molar-refractivity contribution in [2.75, 3.05) is 39.5 Å². The van der Waals surface area contributed by atoms with Crippen molar-refractivity contribution in [1.29, 1.82) is 0 Å². The monoisotopic (exact) mass is 594 g/mol. The molecule has 7 nitrogen and oxygen atoms in total. The van der Waals surface area contributed by atoms with Crippen LogP contribution in [0, 0.1) is 0 Å². The Morgan fingerprint density at radius 1 is 0.744 bits per heavy atom. The van der Waals surface area contributed by atoms with E-state index in [4.69, 9.17) is 14.2 Å². The second kappa shape index (κ2) is 15.3. The van der Waals surface area contributed by atoms with Crippen LogP contribution in [0.4, 0.5) is 4.79 Å². The SMILES string of the molecule is O=C(CCCOCCNC(=O)OCC1c2ccccc2-c2ccccc21)NCCCCOc1ccc(Br)cc1. The van der Waals surface area contributed by atoms with E-state index in [1.165, 1.54) is 22.3 Å². The van der Waals surface area contributed by atoms with Gasteiger partial charge in [0.05, 0.1) is 13.2 Å². The highest BCUT2D eigenvalue weighted by Gasteiger charge is 2.28. The number of hydrogen-bond donors (Lipinski definition) is 2. The predicted octanol–water partition coefficient (Wildman–Crippen LogP) is 6.06. The molecule has 1 aliphatic rings. The van der Waals surface area contributed by atoms with Gasteiger partial charge in [-0.1, -0.05) is 64.5 Å². The van der Waals surface area contributed by atoms with Gasteiger partial charge in [0.2, 0.25) is 5.91 Å². The van der Waals surface area contributed by atoms with Crippen LogP contribution in [-0.2, 0) is 14.3 Å². The number of alkyl carbamates (subject to hydrolysis) is 1. The molecular formula is C31H35BrN2O5. The van der Waals surface area contributed by atoms with Crippen molar-refractivity contribution in [3.63, 3.8) is 0 Å². The summed E-state index contributed by atoms with van der Waals surface area (Å²) in [4.78, 5) is 24.2. The van der Waals surface area contributed by atoms with Gasteiger partial charge in [-0.05, 0) is 65.8 Å². The lowest BCUT2D eigenvalue weighted by Gasteiger charge is -2.14. The second-order valence-electron chi connectivity index (χ2n) is 9.33. The molecule has 0 fully saturated rings. The molecule has 0 heterocycles. The Morgan fingerprint density at radius 3 is 2.15 bits per heavy atom. The summed E-state index contributed by atoms with van der Waals surface area (Å²) in [5.74, 6) is 0.899. The Kier molecular flexibility index (Phi) is 11.2. The largest absolute Gasteiger partial charge is 0.494 e. The van der Waals surface area contributed by atoms with Crippen LogP contribution in [0.3, 0.4) is 0 Å². The fraction of sp³-hybridized carbons (Fsp3) is 0.355. The maximum atomic E-state index is 12.2. The Bertz CT molecular complexity index is 1170. The van der Waals surface area contributed by atoms with Gasteiger partial charge in [-0.15, -0.1) is 0 Å². The summed E-state index contributed by atoms with van der Waals surface area (Å²) in [6.07, 6.45) is 2.32. The summed E-state index contributed by atoms with van der Waals surface area (Å²) >= 11 is 3.40. The van der Waals surface area contributed by atoms with Crippen LogP contribution in [0.5, 0.6) is 5.75 Å². The molecule has 0 unspecified atom stereocenters. The molecular weight excluding hydrogens is 560 g/mol. The first-order chi connectivity index (χ1) is 19.1. The number of fused-ring (bicyclic) bond motifs is 3. The molecule has 3 aromatic carbocycles. The van der Waals surface area contributed by atoms with E-state index in [0.717, 1.165) is 23.1 Å². The van der Waals surface area contributed by atoms with Crippen LogP contribution in [0.15, 0.2) is 77.3 Å². The average Bonchev–Trinajstić information content (AvgIpc) is 3.28. The minimum Gasteiger partial charge on any atom is -0.494 e. The van der Waals surface area contributed by atoms with Crippen LogP contribution >= 0.6 is 15.9 Å². The quantitative estimate of drug-likeness (QED) is 0.209. The number of unbranched alkanes of at least 4 members (excludes halogenated alkanes) is 1. The Morgan fingerprint density at radius 2 is 1.44 bits per heavy atom. The number of halogens is 1. The van der Waals surface area contributed by atoms with Gasteiger partial charge >= 0.3 is 6.09 Å². The van der Waals surface area contributed by atoms with E-state index in [2.05, 4.69) is 50.8 Å². The van der Waals surface area contributed by atoms with E-state index >= 15 is 0 Å². The van der Waals surface area contributed by atoms with Crippen molar-refractivity contribution < 1.29 is 23.8 Å². The number of rotatable bonds is 15. The summed E-state index contributed by atoms with van der Waals surface area (Å²) in [6, 6.07) is 24.2. The number of amides is 2. The standard InChI is InChI=1S/C31H35BrN2O5/c32-23-13-15-24(16-14-23)38-20-6-5-17-33-30(35)12-7-19-37-21-18-34-31(36)39-22-29-27-10-3-1-8-25(27)26-9-2-4-11-28(26)29/h1-4,8-11,13-16,29H,5-7,12,17-22H2,(H,33,35)(H,34,36). The molecule has 2 N–H and O–H groups in total. The van der Waals surface area contributed by atoms with Gasteiger partial charge in [-0.3, -0.25) is 4.79 Å². The zero-order valence-corrected chi connectivity index (χ0v) is 23.6. The summed E-state index contributed by atoms with van der Waals surface area (Å²) in [7, 11) is 0. The van der Waals surface area contributed by atoms with Gasteiger partial charge in [0.1, 0.15) is 12.4 Å². The number of nitrogens with one attached hydrogen (secondary N) is 2. The third-order valence-electron chi connectivity index (χ3n) is 6.53. The van der Waals surface area contributed by atoms with Crippen LogP contribution in [0.1, 0.15) is 42.7 Å². The maximum Gasteiger partial charge on any atom is 0.407 e. The molecule has 3 aromatic rings. The molecule has 0 bridgehead atoms. The van der Waals surface area contributed by atoms with Crippen molar-refractivity contribution >= 4 is 27.9 Å². The lowest BCUT2D eigenvalue weighted by atomic mass is 9.98. The Labute approximate surface area is 238 Å². The van der Waals surface area contributed by atoms with Gasteiger partial charge in [0.25, 0.3) is 0 Å². The minimum atomic E-state index is -0.456. The number of hydrogen-bond acceptors (Lipinski definition) is 5. The molecule has 0 aliphatic heterocycles. The first-order valence-corrected chi connectivity index (χ1v) is 14.2. The number of carbonyl (C=O) groups excluding carboxylic acids is 2. The van der Waals surface area contributed by atoms with Crippen LogP contribution in [0.25, 0.3) is 11.1 Å². The van der Waals surface area contributed by atoms with Crippen molar-refractivity contribution in [1.82, 2.24) is 10.6 Å². The summed E-state index contributed by atoms with van der Waals surface area (Å²) < 4.78 is 17.8. The first kappa shape index (κ1) is 28.6. The molecule has 39 heavy (non-hydrogen) atoms. The van der Waals surface area contributed by atoms with Crippen molar-refractivity contribution in [3.8, 4) is 16.9 Å². The first-order valence-electron chi connectivity index (χ1n) is 13.4. The molecule has 206 valence electrons. The zero-order valence-electron chi connectivity index (χ0n) is 22.0. The second-order valence-corrected chi connectivity index (χ2v) is 10.2. The minimum absolute atomic E-state index is 0.0178. The van der Waals surface area contributed by atoms with Gasteiger partial charge < -0.3 is 24.8 Å². The lowest BCUT2D eigenvalue weighted by molar-refractivity contribution is -0.121. The lowest BCUT2D eigenvalue weighted by Crippen LogP contribution is -2.29. The smallest absolute Gasteiger partial charge is 0.407 e. The van der Waals surface area contributed by atoms with Gasteiger partial charge in [0, 0.05) is 36.5 Å². The van der Waals surface area contributed by atoms with Crippen molar-refractivity contribution in [3.05, 3.63) is 88.4 Å². The average molecular weight is 596 g/mol. The van der Waals surface area contributed by atoms with Crippen LogP contribution in [-0.4, -0.2) is 51.5 Å². The van der Waals surface area contributed by atoms with E-state index in [1.54, 1.807) is 0 Å². The molecule has 4 rings (SSSR count). The predicted molar refractivity (Wildman–Crippen MR) is 155 cm³/mol. The Hall–Kier alpha value is -3.36. The zero-order chi connectivity index (χ0) is 27.3. The highest BCUT2D eigenvalue weighted by Crippen LogP contribution is 2.44. The van der Waals surface area contributed by atoms with E-state index in [9.17, 15) is 9.59 Å². The molecule has 1 aliphatic carbocycles. The van der Waals surface area contributed by atoms with Gasteiger partial charge in [-0.25, -0.2) is 4.79 Å². The molecule has 0 spiro atoms. The summed E-state index contributed by atoms with van der Waals surface area (Å²) in [6.45, 7) is 2.72. The van der Waals surface area contributed by atoms with Gasteiger partial charge in [-0.2, -0.15) is 0 Å². The third kappa shape index (κ3) is 8.83. The fourth-order valence-corrected chi connectivity index (χ4v) is 4.84. The van der Waals surface area contributed by atoms with E-state index in [-0.39, 0.29) is 18.4 Å². The number of carbonyl (C=O) groups is 2.